The first-order chi connectivity index (χ1) is 11.0. The molecule has 3 rings (SSSR count). The normalized spacial score (nSPS) is 10.5. The van der Waals surface area contributed by atoms with Gasteiger partial charge in [0.05, 0.1) is 23.5 Å². The van der Waals surface area contributed by atoms with Crippen molar-refractivity contribution >= 4 is 12.2 Å². The van der Waals surface area contributed by atoms with Crippen LogP contribution in [0.15, 0.2) is 48.7 Å². The predicted molar refractivity (Wildman–Crippen MR) is 91.8 cm³/mol. The third kappa shape index (κ3) is 2.65. The largest absolute Gasteiger partial charge is 0.493 e. The van der Waals surface area contributed by atoms with Gasteiger partial charge in [0.15, 0.2) is 4.77 Å². The molecule has 1 heterocycles. The van der Waals surface area contributed by atoms with E-state index < -0.39 is 0 Å². The molecule has 23 heavy (non-hydrogen) atoms. The van der Waals surface area contributed by atoms with E-state index in [0.29, 0.717) is 10.3 Å². The van der Waals surface area contributed by atoms with Crippen LogP contribution in [0.4, 0.5) is 0 Å². The Morgan fingerprint density at radius 2 is 1.70 bits per heavy atom. The number of rotatable bonds is 2. The zero-order valence-corrected chi connectivity index (χ0v) is 13.6. The minimum Gasteiger partial charge on any atom is -0.493 e. The number of nitriles is 1. The van der Waals surface area contributed by atoms with E-state index in [1.54, 1.807) is 27.5 Å². The minimum atomic E-state index is 0.0553. The summed E-state index contributed by atoms with van der Waals surface area (Å²) in [5.41, 5.74) is 4.23. The van der Waals surface area contributed by atoms with Crippen LogP contribution in [0.25, 0.3) is 11.4 Å². The molecule has 5 heteroatoms. The topological polar surface area (TPSA) is 53.9 Å². The average Bonchev–Trinajstić information content (AvgIpc) is 2.83. The summed E-state index contributed by atoms with van der Waals surface area (Å²) in [4.78, 5) is 0. The van der Waals surface area contributed by atoms with Crippen LogP contribution in [0.3, 0.4) is 0 Å². The van der Waals surface area contributed by atoms with Gasteiger partial charge in [0.2, 0.25) is 5.88 Å². The maximum absolute atomic E-state index is 10.3. The fourth-order valence-electron chi connectivity index (χ4n) is 2.48. The number of benzene rings is 2. The van der Waals surface area contributed by atoms with E-state index in [4.69, 9.17) is 17.5 Å². The number of aryl methyl sites for hydroxylation is 2. The third-order valence-electron chi connectivity index (χ3n) is 3.77. The predicted octanol–water partition coefficient (Wildman–Crippen LogP) is 4.19. The van der Waals surface area contributed by atoms with Gasteiger partial charge in [0, 0.05) is 5.69 Å². The van der Waals surface area contributed by atoms with E-state index in [1.807, 2.05) is 44.2 Å². The Morgan fingerprint density at radius 1 is 1.04 bits per heavy atom. The van der Waals surface area contributed by atoms with Crippen LogP contribution in [0.1, 0.15) is 16.7 Å². The third-order valence-corrected chi connectivity index (χ3v) is 4.15. The van der Waals surface area contributed by atoms with E-state index in [0.717, 1.165) is 22.5 Å². The van der Waals surface area contributed by atoms with Gasteiger partial charge in [-0.3, -0.25) is 9.13 Å². The van der Waals surface area contributed by atoms with Gasteiger partial charge in [0.25, 0.3) is 0 Å². The smallest absolute Gasteiger partial charge is 0.215 e. The van der Waals surface area contributed by atoms with Crippen molar-refractivity contribution in [1.82, 2.24) is 9.13 Å². The highest BCUT2D eigenvalue weighted by Gasteiger charge is 2.11. The number of aromatic hydroxyl groups is 1. The van der Waals surface area contributed by atoms with Crippen LogP contribution in [0.2, 0.25) is 0 Å². The number of hydrogen-bond acceptors (Lipinski definition) is 3. The molecule has 0 fully saturated rings. The second kappa shape index (κ2) is 5.75. The summed E-state index contributed by atoms with van der Waals surface area (Å²) in [6.45, 7) is 3.88. The first kappa shape index (κ1) is 15.1. The molecule has 0 aliphatic rings. The van der Waals surface area contributed by atoms with Gasteiger partial charge < -0.3 is 5.11 Å². The van der Waals surface area contributed by atoms with Crippen LogP contribution in [-0.2, 0) is 0 Å². The molecule has 0 saturated carbocycles. The second-order valence-corrected chi connectivity index (χ2v) is 5.79. The molecule has 1 N–H and O–H groups in total. The average molecular weight is 321 g/mol. The summed E-state index contributed by atoms with van der Waals surface area (Å²) in [5.74, 6) is 0.0553. The quantitative estimate of drug-likeness (QED) is 0.720. The molecule has 114 valence electrons. The minimum absolute atomic E-state index is 0.0553. The lowest BCUT2D eigenvalue weighted by atomic mass is 10.1. The number of hydrogen-bond donors (Lipinski definition) is 1. The fourth-order valence-corrected chi connectivity index (χ4v) is 2.84. The molecule has 1 aromatic heterocycles. The number of nitrogens with zero attached hydrogens (tertiary/aromatic N) is 3. The maximum atomic E-state index is 10.3. The highest BCUT2D eigenvalue weighted by Crippen LogP contribution is 2.24. The van der Waals surface area contributed by atoms with Gasteiger partial charge in [-0.15, -0.1) is 0 Å². The van der Waals surface area contributed by atoms with E-state index >= 15 is 0 Å². The van der Waals surface area contributed by atoms with Crippen molar-refractivity contribution < 1.29 is 5.11 Å². The van der Waals surface area contributed by atoms with Crippen molar-refractivity contribution in [3.05, 3.63) is 70.1 Å². The van der Waals surface area contributed by atoms with E-state index in [1.165, 1.54) is 0 Å². The van der Waals surface area contributed by atoms with Crippen molar-refractivity contribution in [3.8, 4) is 23.3 Å². The summed E-state index contributed by atoms with van der Waals surface area (Å²) in [5, 5.41) is 19.3. The van der Waals surface area contributed by atoms with Crippen molar-refractivity contribution in [2.45, 2.75) is 13.8 Å². The number of imidazole rings is 1. The number of aromatic nitrogens is 2. The molecule has 0 bridgehead atoms. The van der Waals surface area contributed by atoms with Crippen molar-refractivity contribution in [2.75, 3.05) is 0 Å². The van der Waals surface area contributed by atoms with Gasteiger partial charge in [-0.25, -0.2) is 0 Å². The first-order valence-corrected chi connectivity index (χ1v) is 7.53. The Balaban J connectivity index is 2.15. The molecule has 0 aliphatic carbocycles. The van der Waals surface area contributed by atoms with Gasteiger partial charge in [-0.05, 0) is 62.0 Å². The lowest BCUT2D eigenvalue weighted by Gasteiger charge is -2.07. The Morgan fingerprint density at radius 3 is 2.30 bits per heavy atom. The lowest BCUT2D eigenvalue weighted by Crippen LogP contribution is -1.98. The molecule has 3 aromatic rings. The van der Waals surface area contributed by atoms with Crippen LogP contribution in [0, 0.1) is 29.9 Å². The summed E-state index contributed by atoms with van der Waals surface area (Å²) < 4.78 is 3.82. The van der Waals surface area contributed by atoms with Crippen LogP contribution < -0.4 is 0 Å². The van der Waals surface area contributed by atoms with Gasteiger partial charge in [-0.2, -0.15) is 5.26 Å². The molecule has 2 aromatic carbocycles. The Labute approximate surface area is 139 Å². The molecule has 0 unspecified atom stereocenters. The van der Waals surface area contributed by atoms with Crippen molar-refractivity contribution in [2.24, 2.45) is 0 Å². The molecule has 0 spiro atoms. The standard InChI is InChI=1S/C18H15N3OS/c1-12-3-6-15(7-4-12)20-11-17(22)21(18(20)23)16-8-5-14(10-19)13(2)9-16/h3-9,11,22H,1-2H3. The van der Waals surface area contributed by atoms with Crippen LogP contribution in [0.5, 0.6) is 5.88 Å². The van der Waals surface area contributed by atoms with Gasteiger partial charge >= 0.3 is 0 Å². The van der Waals surface area contributed by atoms with E-state index in [9.17, 15) is 5.11 Å². The molecule has 4 nitrogen and oxygen atoms in total. The second-order valence-electron chi connectivity index (χ2n) is 5.42. The summed E-state index contributed by atoms with van der Waals surface area (Å²) in [6.07, 6.45) is 1.60. The molecule has 0 radical (unpaired) electrons. The Bertz CT molecular complexity index is 975. The zero-order chi connectivity index (χ0) is 16.6. The SMILES string of the molecule is Cc1ccc(-n2cc(O)n(-c3ccc(C#N)c(C)c3)c2=S)cc1. The molecule has 0 saturated heterocycles. The summed E-state index contributed by atoms with van der Waals surface area (Å²) >= 11 is 5.52. The monoisotopic (exact) mass is 321 g/mol. The van der Waals surface area contributed by atoms with E-state index in [-0.39, 0.29) is 5.88 Å². The zero-order valence-electron chi connectivity index (χ0n) is 12.8. The highest BCUT2D eigenvalue weighted by molar-refractivity contribution is 7.71. The first-order valence-electron chi connectivity index (χ1n) is 7.13. The van der Waals surface area contributed by atoms with Crippen molar-refractivity contribution in [3.63, 3.8) is 0 Å². The van der Waals surface area contributed by atoms with Crippen LogP contribution in [-0.4, -0.2) is 14.2 Å². The molecule has 0 amide bonds. The summed E-state index contributed by atoms with van der Waals surface area (Å²) in [7, 11) is 0. The maximum Gasteiger partial charge on any atom is 0.215 e. The lowest BCUT2D eigenvalue weighted by molar-refractivity contribution is 0.442. The fraction of sp³-hybridized carbons (Fsp3) is 0.111. The van der Waals surface area contributed by atoms with Gasteiger partial charge in [0.1, 0.15) is 0 Å². The van der Waals surface area contributed by atoms with E-state index in [2.05, 4.69) is 6.07 Å². The van der Waals surface area contributed by atoms with Gasteiger partial charge in [-0.1, -0.05) is 17.7 Å². The molecule has 0 atom stereocenters. The van der Waals surface area contributed by atoms with Crippen LogP contribution >= 0.6 is 12.2 Å². The molecular weight excluding hydrogens is 306 g/mol. The highest BCUT2D eigenvalue weighted by atomic mass is 32.1. The summed E-state index contributed by atoms with van der Waals surface area (Å²) in [6, 6.07) is 15.4. The molecular formula is C18H15N3OS. The Hall–Kier alpha value is -2.84. The van der Waals surface area contributed by atoms with Crippen molar-refractivity contribution in [1.29, 1.82) is 5.26 Å². The molecule has 0 aliphatic heterocycles. The Kier molecular flexibility index (Phi) is 3.77.